The van der Waals surface area contributed by atoms with Crippen LogP contribution in [0.25, 0.3) is 11.1 Å². The van der Waals surface area contributed by atoms with Gasteiger partial charge in [-0.1, -0.05) is 30.3 Å². The summed E-state index contributed by atoms with van der Waals surface area (Å²) >= 11 is 0. The molecule has 4 aromatic rings. The van der Waals surface area contributed by atoms with Gasteiger partial charge in [-0.05, 0) is 70.8 Å². The molecule has 3 aromatic carbocycles. The lowest BCUT2D eigenvalue weighted by atomic mass is 10.0. The van der Waals surface area contributed by atoms with Crippen LogP contribution in [0.4, 0.5) is 4.39 Å². The second-order valence-corrected chi connectivity index (χ2v) is 7.80. The van der Waals surface area contributed by atoms with Crippen molar-refractivity contribution in [2.75, 3.05) is 14.2 Å². The largest absolute Gasteiger partial charge is 0.493 e. The molecule has 0 saturated carbocycles. The van der Waals surface area contributed by atoms with Crippen LogP contribution in [0.15, 0.2) is 91.3 Å². The van der Waals surface area contributed by atoms with Crippen LogP contribution in [0.1, 0.15) is 21.5 Å². The average molecular weight is 457 g/mol. The van der Waals surface area contributed by atoms with Crippen molar-refractivity contribution >= 4 is 5.91 Å². The maximum absolute atomic E-state index is 13.7. The van der Waals surface area contributed by atoms with Gasteiger partial charge in [0.2, 0.25) is 0 Å². The lowest BCUT2D eigenvalue weighted by molar-refractivity contribution is 0.0730. The molecule has 0 aliphatic rings. The zero-order chi connectivity index (χ0) is 23.9. The predicted octanol–water partition coefficient (Wildman–Crippen LogP) is 5.75. The number of benzene rings is 3. The van der Waals surface area contributed by atoms with Crippen molar-refractivity contribution in [1.82, 2.24) is 9.88 Å². The maximum atomic E-state index is 13.7. The molecule has 1 aromatic heterocycles. The summed E-state index contributed by atoms with van der Waals surface area (Å²) in [4.78, 5) is 19.5. The molecule has 0 saturated heterocycles. The van der Waals surface area contributed by atoms with Gasteiger partial charge >= 0.3 is 0 Å². The van der Waals surface area contributed by atoms with E-state index in [0.29, 0.717) is 30.2 Å². The highest BCUT2D eigenvalue weighted by Gasteiger charge is 2.18. The molecular weight excluding hydrogens is 431 g/mol. The van der Waals surface area contributed by atoms with Gasteiger partial charge in [-0.25, -0.2) is 4.39 Å². The molecule has 6 heteroatoms. The normalized spacial score (nSPS) is 10.6. The topological polar surface area (TPSA) is 51.7 Å². The SMILES string of the molecule is COc1ccc(CN(Cc2ccncc2)C(=O)c2cccc(-c3cccc(F)c3)c2)cc1OC. The van der Waals surface area contributed by atoms with E-state index in [1.165, 1.54) is 12.1 Å². The number of carbonyl (C=O) groups excluding carboxylic acids is 1. The monoisotopic (exact) mass is 456 g/mol. The number of pyridine rings is 1. The third-order valence-corrected chi connectivity index (χ3v) is 5.50. The van der Waals surface area contributed by atoms with E-state index in [-0.39, 0.29) is 11.7 Å². The summed E-state index contributed by atoms with van der Waals surface area (Å²) < 4.78 is 24.5. The van der Waals surface area contributed by atoms with Gasteiger partial charge < -0.3 is 14.4 Å². The van der Waals surface area contributed by atoms with Crippen molar-refractivity contribution in [2.24, 2.45) is 0 Å². The highest BCUT2D eigenvalue weighted by molar-refractivity contribution is 5.95. The van der Waals surface area contributed by atoms with Crippen LogP contribution in [-0.4, -0.2) is 30.0 Å². The number of carbonyl (C=O) groups is 1. The van der Waals surface area contributed by atoms with Crippen molar-refractivity contribution in [3.8, 4) is 22.6 Å². The van der Waals surface area contributed by atoms with Gasteiger partial charge in [0.15, 0.2) is 11.5 Å². The molecular formula is C28H25FN2O3. The summed E-state index contributed by atoms with van der Waals surface area (Å²) in [6.07, 6.45) is 3.41. The number of amides is 1. The molecule has 5 nitrogen and oxygen atoms in total. The number of rotatable bonds is 8. The molecule has 34 heavy (non-hydrogen) atoms. The van der Waals surface area contributed by atoms with Crippen molar-refractivity contribution < 1.29 is 18.7 Å². The van der Waals surface area contributed by atoms with E-state index in [0.717, 1.165) is 22.3 Å². The third kappa shape index (κ3) is 5.41. The number of halogens is 1. The van der Waals surface area contributed by atoms with E-state index in [1.807, 2.05) is 48.5 Å². The lowest BCUT2D eigenvalue weighted by Gasteiger charge is -2.24. The van der Waals surface area contributed by atoms with Gasteiger partial charge in [-0.3, -0.25) is 9.78 Å². The van der Waals surface area contributed by atoms with Gasteiger partial charge in [0, 0.05) is 31.0 Å². The van der Waals surface area contributed by atoms with E-state index in [2.05, 4.69) is 4.98 Å². The van der Waals surface area contributed by atoms with Gasteiger partial charge in [-0.2, -0.15) is 0 Å². The van der Waals surface area contributed by atoms with Gasteiger partial charge in [0.1, 0.15) is 5.82 Å². The van der Waals surface area contributed by atoms with E-state index >= 15 is 0 Å². The number of methoxy groups -OCH3 is 2. The number of hydrogen-bond donors (Lipinski definition) is 0. The van der Waals surface area contributed by atoms with Crippen LogP contribution in [0.3, 0.4) is 0 Å². The zero-order valence-electron chi connectivity index (χ0n) is 19.1. The second kappa shape index (κ2) is 10.6. The molecule has 0 unspecified atom stereocenters. The first kappa shape index (κ1) is 23.0. The Balaban J connectivity index is 1.66. The Bertz CT molecular complexity index is 1280. The molecule has 0 atom stereocenters. The number of nitrogens with zero attached hydrogens (tertiary/aromatic N) is 2. The fourth-order valence-corrected chi connectivity index (χ4v) is 3.79. The molecule has 172 valence electrons. The molecule has 0 aliphatic heterocycles. The number of ether oxygens (including phenoxy) is 2. The number of hydrogen-bond acceptors (Lipinski definition) is 4. The average Bonchev–Trinajstić information content (AvgIpc) is 2.88. The summed E-state index contributed by atoms with van der Waals surface area (Å²) in [5, 5.41) is 0. The Hall–Kier alpha value is -4.19. The lowest BCUT2D eigenvalue weighted by Crippen LogP contribution is -2.30. The minimum atomic E-state index is -0.318. The first-order valence-corrected chi connectivity index (χ1v) is 10.8. The molecule has 0 fully saturated rings. The fraction of sp³-hybridized carbons (Fsp3) is 0.143. The fourth-order valence-electron chi connectivity index (χ4n) is 3.79. The minimum Gasteiger partial charge on any atom is -0.493 e. The van der Waals surface area contributed by atoms with Crippen LogP contribution in [0.2, 0.25) is 0 Å². The highest BCUT2D eigenvalue weighted by atomic mass is 19.1. The third-order valence-electron chi connectivity index (χ3n) is 5.50. The molecule has 4 rings (SSSR count). The molecule has 1 amide bonds. The van der Waals surface area contributed by atoms with Crippen LogP contribution in [0.5, 0.6) is 11.5 Å². The summed E-state index contributed by atoms with van der Waals surface area (Å²) in [5.41, 5.74) is 3.89. The molecule has 0 N–H and O–H groups in total. The van der Waals surface area contributed by atoms with Crippen molar-refractivity contribution in [3.05, 3.63) is 114 Å². The van der Waals surface area contributed by atoms with E-state index < -0.39 is 0 Å². The van der Waals surface area contributed by atoms with E-state index in [9.17, 15) is 9.18 Å². The van der Waals surface area contributed by atoms with Crippen LogP contribution in [0, 0.1) is 5.82 Å². The maximum Gasteiger partial charge on any atom is 0.254 e. The minimum absolute atomic E-state index is 0.134. The summed E-state index contributed by atoms with van der Waals surface area (Å²) in [6, 6.07) is 23.0. The Morgan fingerprint density at radius 1 is 0.794 bits per heavy atom. The first-order valence-electron chi connectivity index (χ1n) is 10.8. The number of aromatic nitrogens is 1. The van der Waals surface area contributed by atoms with Crippen molar-refractivity contribution in [3.63, 3.8) is 0 Å². The van der Waals surface area contributed by atoms with Gasteiger partial charge in [0.05, 0.1) is 14.2 Å². The molecule has 0 spiro atoms. The zero-order valence-corrected chi connectivity index (χ0v) is 19.1. The van der Waals surface area contributed by atoms with E-state index in [4.69, 9.17) is 9.47 Å². The Morgan fingerprint density at radius 2 is 1.47 bits per heavy atom. The van der Waals surface area contributed by atoms with E-state index in [1.54, 1.807) is 49.7 Å². The summed E-state index contributed by atoms with van der Waals surface area (Å²) in [7, 11) is 3.17. The van der Waals surface area contributed by atoms with Crippen molar-refractivity contribution in [2.45, 2.75) is 13.1 Å². The highest BCUT2D eigenvalue weighted by Crippen LogP contribution is 2.29. The van der Waals surface area contributed by atoms with Crippen molar-refractivity contribution in [1.29, 1.82) is 0 Å². The van der Waals surface area contributed by atoms with Gasteiger partial charge in [-0.15, -0.1) is 0 Å². The summed E-state index contributed by atoms with van der Waals surface area (Å²) in [5.74, 6) is 0.775. The van der Waals surface area contributed by atoms with Gasteiger partial charge in [0.25, 0.3) is 5.91 Å². The standard InChI is InChI=1S/C28H25FN2O3/c1-33-26-10-9-21(15-27(26)34-2)19-31(18-20-11-13-30-14-12-20)28(32)24-7-3-5-22(16-24)23-6-4-8-25(29)17-23/h3-17H,18-19H2,1-2H3. The Kier molecular flexibility index (Phi) is 7.18. The van der Waals surface area contributed by atoms with Crippen LogP contribution in [-0.2, 0) is 13.1 Å². The van der Waals surface area contributed by atoms with Crippen LogP contribution < -0.4 is 9.47 Å². The Morgan fingerprint density at radius 3 is 2.18 bits per heavy atom. The summed E-state index contributed by atoms with van der Waals surface area (Å²) in [6.45, 7) is 0.769. The first-order chi connectivity index (χ1) is 16.6. The molecule has 0 bridgehead atoms. The molecule has 0 radical (unpaired) electrons. The smallest absolute Gasteiger partial charge is 0.254 e. The predicted molar refractivity (Wildman–Crippen MR) is 129 cm³/mol. The Labute approximate surface area is 198 Å². The second-order valence-electron chi connectivity index (χ2n) is 7.80. The quantitative estimate of drug-likeness (QED) is 0.339. The molecule has 1 heterocycles. The molecule has 0 aliphatic carbocycles. The van der Waals surface area contributed by atoms with Crippen LogP contribution >= 0.6 is 0 Å².